The molecule has 7 rings (SSSR count). The van der Waals surface area contributed by atoms with Gasteiger partial charge in [-0.2, -0.15) is 0 Å². The first-order valence-electron chi connectivity index (χ1n) is 17.1. The van der Waals surface area contributed by atoms with Crippen LogP contribution in [0.4, 0.5) is 0 Å². The molecule has 0 aliphatic heterocycles. The number of nitrogens with zero attached hydrogens (tertiary/aromatic N) is 3. The van der Waals surface area contributed by atoms with Crippen molar-refractivity contribution in [3.63, 3.8) is 0 Å². The van der Waals surface area contributed by atoms with Gasteiger partial charge in [0.05, 0.1) is 13.7 Å². The Balaban J connectivity index is 0.000000189. The van der Waals surface area contributed by atoms with E-state index in [1.165, 1.54) is 42.0 Å². The van der Waals surface area contributed by atoms with E-state index < -0.39 is 8.07 Å². The topological polar surface area (TPSA) is 51.8 Å². The minimum Gasteiger partial charge on any atom is -0.486 e. The normalized spacial score (nSPS) is 13.7. The minimum atomic E-state index is -1.37. The van der Waals surface area contributed by atoms with Crippen LogP contribution in [0.25, 0.3) is 44.6 Å². The first kappa shape index (κ1) is 35.9. The largest absolute Gasteiger partial charge is 0.486 e. The zero-order valence-electron chi connectivity index (χ0n) is 29.4. The molecule has 1 radical (unpaired) electrons. The van der Waals surface area contributed by atoms with Crippen LogP contribution in [0.2, 0.25) is 19.6 Å². The average molecular weight is 830 g/mol. The molecule has 1 saturated carbocycles. The quantitative estimate of drug-likeness (QED) is 0.124. The summed E-state index contributed by atoms with van der Waals surface area (Å²) in [5, 5.41) is 3.60. The molecule has 2 aromatic carbocycles. The smallest absolute Gasteiger partial charge is 0.216 e. The van der Waals surface area contributed by atoms with Gasteiger partial charge < -0.3 is 14.4 Å². The number of benzene rings is 2. The molecule has 4 aromatic heterocycles. The third-order valence-electron chi connectivity index (χ3n) is 9.02. The Hall–Kier alpha value is -3.44. The zero-order chi connectivity index (χ0) is 33.2. The molecule has 1 aliphatic rings. The summed E-state index contributed by atoms with van der Waals surface area (Å²) >= 11 is 0. The van der Waals surface area contributed by atoms with Gasteiger partial charge in [0.1, 0.15) is 0 Å². The van der Waals surface area contributed by atoms with Gasteiger partial charge in [0, 0.05) is 43.6 Å². The summed E-state index contributed by atoms with van der Waals surface area (Å²) < 4.78 is 6.11. The maximum atomic E-state index is 6.11. The fourth-order valence-electron chi connectivity index (χ4n) is 6.78. The Kier molecular flexibility index (Phi) is 11.2. The number of furan rings is 1. The summed E-state index contributed by atoms with van der Waals surface area (Å²) in [4.78, 5) is 13.9. The number of fused-ring (bicyclic) bond motifs is 3. The van der Waals surface area contributed by atoms with E-state index in [1.807, 2.05) is 49.5 Å². The van der Waals surface area contributed by atoms with Gasteiger partial charge in [-0.3, -0.25) is 0 Å². The fraction of sp³-hybridized carbons (Fsp3) is 0.357. The molecule has 6 heteroatoms. The Morgan fingerprint density at radius 3 is 2.38 bits per heavy atom. The van der Waals surface area contributed by atoms with Crippen LogP contribution in [0.1, 0.15) is 63.3 Å². The fourth-order valence-corrected chi connectivity index (χ4v) is 8.36. The molecule has 0 atom stereocenters. The Morgan fingerprint density at radius 1 is 0.875 bits per heavy atom. The predicted molar refractivity (Wildman–Crippen MR) is 199 cm³/mol. The second-order valence-corrected chi connectivity index (χ2v) is 20.4. The third kappa shape index (κ3) is 8.58. The van der Waals surface area contributed by atoms with Crippen molar-refractivity contribution < 1.29 is 24.5 Å². The molecule has 6 aromatic rings. The number of pyridine rings is 3. The third-order valence-corrected chi connectivity index (χ3v) is 11.1. The van der Waals surface area contributed by atoms with Crippen LogP contribution in [0.3, 0.4) is 0 Å². The van der Waals surface area contributed by atoms with E-state index in [2.05, 4.69) is 99.0 Å². The summed E-state index contributed by atoms with van der Waals surface area (Å²) in [6.07, 6.45) is 11.7. The molecule has 1 fully saturated rings. The molecule has 48 heavy (non-hydrogen) atoms. The monoisotopic (exact) mass is 830 g/mol. The van der Waals surface area contributed by atoms with E-state index in [1.54, 1.807) is 0 Å². The average Bonchev–Trinajstić information content (AvgIpc) is 3.68. The number of hydrogen-bond acceptors (Lipinski definition) is 4. The Bertz CT molecular complexity index is 1980. The molecule has 251 valence electrons. The van der Waals surface area contributed by atoms with Crippen molar-refractivity contribution in [1.82, 2.24) is 15.0 Å². The van der Waals surface area contributed by atoms with Gasteiger partial charge >= 0.3 is 0 Å². The summed E-state index contributed by atoms with van der Waals surface area (Å²) in [6.45, 7) is 16.1. The molecular weight excluding hydrogens is 783 g/mol. The van der Waals surface area contributed by atoms with Crippen molar-refractivity contribution >= 4 is 35.3 Å². The molecule has 0 bridgehead atoms. The van der Waals surface area contributed by atoms with Gasteiger partial charge in [0.2, 0.25) is 5.71 Å². The van der Waals surface area contributed by atoms with E-state index in [0.29, 0.717) is 5.71 Å². The van der Waals surface area contributed by atoms with Crippen molar-refractivity contribution in [2.45, 2.75) is 85.9 Å². The maximum Gasteiger partial charge on any atom is 0.216 e. The summed E-state index contributed by atoms with van der Waals surface area (Å²) in [7, 11) is -1.37. The first-order valence-corrected chi connectivity index (χ1v) is 20.6. The van der Waals surface area contributed by atoms with Crippen molar-refractivity contribution in [3.8, 4) is 22.5 Å². The Morgan fingerprint density at radius 2 is 1.67 bits per heavy atom. The molecule has 4 nitrogen and oxygen atoms in total. The standard InChI is InChI=1S/C23H21N2O.C19H26NSi.Ir/c1-15-9-10-19-18-7-4-8-20(22(18)26-23(19)25-15)21-14-17(11-12-24-21)13-16-5-2-3-6-16;1-19(2,3)13-16-12-17(15-10-8-7-9-11-15)20-14-18(16)21(4,5)6;/h4,7,9-12,14,16H,2-3,5-6,13H2,1H3;7-10,12,14H,13H2,1-6H3;/q2*-1;. The second-order valence-electron chi connectivity index (χ2n) is 15.4. The van der Waals surface area contributed by atoms with Crippen LogP contribution in [-0.4, -0.2) is 23.0 Å². The van der Waals surface area contributed by atoms with E-state index in [-0.39, 0.29) is 25.5 Å². The van der Waals surface area contributed by atoms with E-state index >= 15 is 0 Å². The molecule has 0 spiro atoms. The summed E-state index contributed by atoms with van der Waals surface area (Å²) in [5.41, 5.74) is 9.54. The van der Waals surface area contributed by atoms with Crippen molar-refractivity contribution in [3.05, 3.63) is 108 Å². The molecule has 4 heterocycles. The predicted octanol–water partition coefficient (Wildman–Crippen LogP) is 10.6. The zero-order valence-corrected chi connectivity index (χ0v) is 32.8. The molecule has 0 amide bonds. The van der Waals surface area contributed by atoms with Gasteiger partial charge in [-0.05, 0) is 65.9 Å². The molecule has 0 N–H and O–H groups in total. The summed E-state index contributed by atoms with van der Waals surface area (Å²) in [6, 6.07) is 29.4. The summed E-state index contributed by atoms with van der Waals surface area (Å²) in [5.74, 6) is 0.823. The minimum absolute atomic E-state index is 0. The molecule has 0 saturated heterocycles. The molecule has 0 unspecified atom stereocenters. The van der Waals surface area contributed by atoms with Crippen molar-refractivity contribution in [1.29, 1.82) is 0 Å². The van der Waals surface area contributed by atoms with Gasteiger partial charge in [0.25, 0.3) is 0 Å². The number of hydrogen-bond donors (Lipinski definition) is 0. The number of rotatable bonds is 6. The van der Waals surface area contributed by atoms with Crippen LogP contribution >= 0.6 is 0 Å². The van der Waals surface area contributed by atoms with Crippen LogP contribution in [0.15, 0.2) is 83.5 Å². The van der Waals surface area contributed by atoms with Crippen molar-refractivity contribution in [2.24, 2.45) is 11.3 Å². The number of aromatic nitrogens is 3. The van der Waals surface area contributed by atoms with Crippen LogP contribution in [-0.2, 0) is 32.9 Å². The van der Waals surface area contributed by atoms with Gasteiger partial charge in [-0.25, -0.2) is 4.98 Å². The second kappa shape index (κ2) is 15.0. The van der Waals surface area contributed by atoms with E-state index in [0.717, 1.165) is 63.3 Å². The number of aryl methyl sites for hydroxylation is 1. The van der Waals surface area contributed by atoms with Crippen LogP contribution < -0.4 is 5.19 Å². The van der Waals surface area contributed by atoms with Gasteiger partial charge in [-0.15, -0.1) is 54.1 Å². The molecule has 1 aliphatic carbocycles. The molecular formula is C42H47IrN3OSi-2. The van der Waals surface area contributed by atoms with Crippen molar-refractivity contribution in [2.75, 3.05) is 0 Å². The van der Waals surface area contributed by atoms with E-state index in [9.17, 15) is 0 Å². The van der Waals surface area contributed by atoms with E-state index in [4.69, 9.17) is 9.40 Å². The SMILES string of the molecule is CC(C)(C)Cc1cc(-c2[c-]cccc2)ncc1[Si](C)(C)C.Cc1ccc2c(n1)oc1c(-c3cc(CC4CCCC4)ccn3)[c-]ccc12.[Ir]. The van der Waals surface area contributed by atoms with Gasteiger partial charge in [0.15, 0.2) is 0 Å². The Labute approximate surface area is 301 Å². The van der Waals surface area contributed by atoms with Crippen LogP contribution in [0.5, 0.6) is 0 Å². The maximum absolute atomic E-state index is 6.11. The first-order chi connectivity index (χ1) is 22.4. The van der Waals surface area contributed by atoms with Crippen LogP contribution in [0, 0.1) is 30.4 Å². The van der Waals surface area contributed by atoms with Gasteiger partial charge in [-0.1, -0.05) is 100 Å².